The molecular weight excluding hydrogens is 745 g/mol. The zero-order valence-corrected chi connectivity index (χ0v) is 32.9. The number of hydrogen-bond donors (Lipinski definition) is 0. The van der Waals surface area contributed by atoms with Gasteiger partial charge < -0.3 is 47.4 Å². The molecule has 2 unspecified atom stereocenters. The van der Waals surface area contributed by atoms with Crippen molar-refractivity contribution in [2.45, 2.75) is 213 Å². The highest BCUT2D eigenvalue weighted by Gasteiger charge is 2.64. The number of ether oxygens (including phenoxy) is 10. The summed E-state index contributed by atoms with van der Waals surface area (Å²) in [5.41, 5.74) is 0. The lowest BCUT2D eigenvalue weighted by molar-refractivity contribution is -0.258. The molecule has 6 heterocycles. The summed E-state index contributed by atoms with van der Waals surface area (Å²) >= 11 is -3.69. The lowest BCUT2D eigenvalue weighted by Gasteiger charge is -2.35. The quantitative estimate of drug-likeness (QED) is 0.314. The molecule has 0 aromatic carbocycles. The molecule has 12 atom stereocenters. The van der Waals surface area contributed by atoms with Gasteiger partial charge in [-0.3, -0.25) is 8.37 Å². The molecule has 10 fully saturated rings. The second-order valence-corrected chi connectivity index (χ2v) is 19.7. The van der Waals surface area contributed by atoms with Gasteiger partial charge in [0.05, 0.1) is 24.7 Å². The normalized spacial score (nSPS) is 44.3. The first kappa shape index (κ1) is 38.0. The van der Waals surface area contributed by atoms with Crippen molar-refractivity contribution in [2.24, 2.45) is 0 Å². The van der Waals surface area contributed by atoms with Gasteiger partial charge in [0.25, 0.3) is 0 Å². The molecule has 0 amide bonds. The predicted octanol–water partition coefficient (Wildman–Crippen LogP) is 4.84. The van der Waals surface area contributed by atoms with Gasteiger partial charge in [-0.2, -0.15) is 0 Å². The molecule has 0 bridgehead atoms. The Morgan fingerprint density at radius 1 is 0.426 bits per heavy atom. The molecule has 10 rings (SSSR count). The van der Waals surface area contributed by atoms with Gasteiger partial charge in [-0.1, -0.05) is 25.7 Å². The van der Waals surface area contributed by atoms with Crippen molar-refractivity contribution in [1.29, 1.82) is 0 Å². The van der Waals surface area contributed by atoms with Gasteiger partial charge in [0.1, 0.15) is 48.8 Å². The Bertz CT molecular complexity index is 1280. The molecule has 6 saturated heterocycles. The average molecular weight is 803 g/mol. The van der Waals surface area contributed by atoms with Crippen LogP contribution in [0.1, 0.15) is 128 Å². The molecule has 0 N–H and O–H groups in total. The first-order valence-electron chi connectivity index (χ1n) is 21.1. The van der Waals surface area contributed by atoms with Gasteiger partial charge in [0.2, 0.25) is 0 Å². The molecule has 0 aromatic rings. The number of fused-ring (bicyclic) bond motifs is 2. The number of rotatable bonds is 9. The summed E-state index contributed by atoms with van der Waals surface area (Å²) in [6, 6.07) is 0. The van der Waals surface area contributed by atoms with Crippen LogP contribution in [0.5, 0.6) is 0 Å². The van der Waals surface area contributed by atoms with Crippen LogP contribution >= 0.6 is 0 Å². The molecule has 4 saturated carbocycles. The molecule has 54 heavy (non-hydrogen) atoms. The third-order valence-corrected chi connectivity index (χ3v) is 15.8. The van der Waals surface area contributed by atoms with Crippen molar-refractivity contribution in [2.75, 3.05) is 24.7 Å². The Labute approximate surface area is 323 Å². The van der Waals surface area contributed by atoms with Gasteiger partial charge in [-0.05, 0) is 51.4 Å². The van der Waals surface area contributed by atoms with E-state index in [9.17, 15) is 8.42 Å². The van der Waals surface area contributed by atoms with E-state index in [0.29, 0.717) is 13.2 Å². The van der Waals surface area contributed by atoms with Crippen molar-refractivity contribution >= 4 is 22.2 Å². The molecule has 4 aliphatic carbocycles. The minimum absolute atomic E-state index is 0.0229. The average Bonchev–Trinajstić information content (AvgIpc) is 4.03. The maximum absolute atomic E-state index is 13.8. The van der Waals surface area contributed by atoms with Gasteiger partial charge in [-0.15, -0.1) is 0 Å². The summed E-state index contributed by atoms with van der Waals surface area (Å²) in [6.07, 6.45) is 13.6. The van der Waals surface area contributed by atoms with E-state index in [1.165, 1.54) is 12.8 Å². The Morgan fingerprint density at radius 3 is 1.15 bits per heavy atom. The molecule has 14 nitrogen and oxygen atoms in total. The van der Waals surface area contributed by atoms with Crippen molar-refractivity contribution in [3.8, 4) is 0 Å². The van der Waals surface area contributed by atoms with E-state index in [2.05, 4.69) is 0 Å². The van der Waals surface area contributed by atoms with Crippen LogP contribution in [0.15, 0.2) is 0 Å². The first-order valence-corrected chi connectivity index (χ1v) is 23.6. The van der Waals surface area contributed by atoms with Crippen molar-refractivity contribution < 1.29 is 64.2 Å². The van der Waals surface area contributed by atoms with Crippen LogP contribution in [0.4, 0.5) is 0 Å². The van der Waals surface area contributed by atoms with Crippen LogP contribution in [0.3, 0.4) is 0 Å². The predicted molar refractivity (Wildman–Crippen MR) is 190 cm³/mol. The summed E-state index contributed by atoms with van der Waals surface area (Å²) in [5, 5.41) is 0. The highest BCUT2D eigenvalue weighted by atomic mass is 32.2. The van der Waals surface area contributed by atoms with Crippen molar-refractivity contribution in [3.63, 3.8) is 0 Å². The van der Waals surface area contributed by atoms with Crippen LogP contribution in [0.25, 0.3) is 0 Å². The molecule has 306 valence electrons. The van der Waals surface area contributed by atoms with E-state index in [4.69, 9.17) is 55.7 Å². The fourth-order valence-electron chi connectivity index (χ4n) is 10.8. The molecule has 10 aliphatic rings. The van der Waals surface area contributed by atoms with E-state index < -0.39 is 107 Å². The summed E-state index contributed by atoms with van der Waals surface area (Å²) in [6.45, 7) is 0.715. The van der Waals surface area contributed by atoms with E-state index in [1.54, 1.807) is 0 Å². The van der Waals surface area contributed by atoms with Crippen LogP contribution in [-0.2, 0) is 77.9 Å². The third kappa shape index (κ3) is 7.36. The van der Waals surface area contributed by atoms with Gasteiger partial charge in [0.15, 0.2) is 57.9 Å². The van der Waals surface area contributed by atoms with E-state index in [0.717, 1.165) is 116 Å². The fourth-order valence-corrected chi connectivity index (χ4v) is 13.1. The highest BCUT2D eigenvalue weighted by molar-refractivity contribution is 7.84. The topological polar surface area (TPSA) is 145 Å². The molecular formula is C38H58O14S2. The molecule has 6 aliphatic heterocycles. The van der Waals surface area contributed by atoms with Crippen LogP contribution in [-0.4, -0.2) is 118 Å². The first-order chi connectivity index (χ1) is 26.3. The monoisotopic (exact) mass is 802 g/mol. The second kappa shape index (κ2) is 15.4. The van der Waals surface area contributed by atoms with Gasteiger partial charge >= 0.3 is 0 Å². The molecule has 0 radical (unpaired) electrons. The molecule has 16 heteroatoms. The minimum atomic E-state index is -1.84. The maximum atomic E-state index is 13.8. The summed E-state index contributed by atoms with van der Waals surface area (Å²) in [7, 11) is 0. The summed E-state index contributed by atoms with van der Waals surface area (Å²) in [5.74, 6) is -2.67. The lowest BCUT2D eigenvalue weighted by atomic mass is 9.94. The molecule has 4 spiro atoms. The fraction of sp³-hybridized carbons (Fsp3) is 1.00. The van der Waals surface area contributed by atoms with Gasteiger partial charge in [0, 0.05) is 51.4 Å². The SMILES string of the molecule is O=S(CCS(=O)O[C@@H]1[C@H]2OC3(CCCCC3)O[C@H]2O[C@@H]1[C@H]1COC2(CCCCC2)O1)O[C@@H]1[C@H]2OC3(CCCCC3)O[C@H]2O[C@@H]1[C@H]1COC2(CCCCC2)O1. The van der Waals surface area contributed by atoms with Crippen molar-refractivity contribution in [3.05, 3.63) is 0 Å². The zero-order valence-electron chi connectivity index (χ0n) is 31.3. The van der Waals surface area contributed by atoms with Crippen LogP contribution < -0.4 is 0 Å². The van der Waals surface area contributed by atoms with Crippen LogP contribution in [0, 0.1) is 0 Å². The second-order valence-electron chi connectivity index (χ2n) is 17.3. The smallest absolute Gasteiger partial charge is 0.190 e. The number of hydrogen-bond acceptors (Lipinski definition) is 14. The maximum Gasteiger partial charge on any atom is 0.190 e. The van der Waals surface area contributed by atoms with Gasteiger partial charge in [-0.25, -0.2) is 8.42 Å². The summed E-state index contributed by atoms with van der Waals surface area (Å²) in [4.78, 5) is 0. The summed E-state index contributed by atoms with van der Waals surface area (Å²) < 4.78 is 105. The Hall–Kier alpha value is -0.180. The van der Waals surface area contributed by atoms with Crippen molar-refractivity contribution in [1.82, 2.24) is 0 Å². The van der Waals surface area contributed by atoms with Crippen LogP contribution in [0.2, 0.25) is 0 Å². The Balaban J connectivity index is 0.801. The van der Waals surface area contributed by atoms with E-state index >= 15 is 0 Å². The van der Waals surface area contributed by atoms with E-state index in [-0.39, 0.29) is 11.5 Å². The van der Waals surface area contributed by atoms with E-state index in [1.807, 2.05) is 0 Å². The Morgan fingerprint density at radius 2 is 0.778 bits per heavy atom. The standard InChI is InChI=1S/C38H58O14S2/c39-53(51-29-27(25-23-41-35(45-25)13-5-1-6-14-35)43-33-31(29)47-37(49-33)17-9-3-10-18-37)21-22-54(40)52-30-28(26-24-42-36(46-26)15-7-2-8-16-36)44-34-32(30)48-38(50-34)19-11-4-12-20-38/h25-34H,1-24H2/t25-,26-,27-,28-,29+,30+,31-,32-,33-,34-,53?,54?/m1/s1. The Kier molecular flexibility index (Phi) is 10.9. The third-order valence-electron chi connectivity index (χ3n) is 13.6. The largest absolute Gasteiger partial charge is 0.347 e. The highest BCUT2D eigenvalue weighted by Crippen LogP contribution is 2.50. The minimum Gasteiger partial charge on any atom is -0.347 e. The molecule has 0 aromatic heterocycles. The zero-order chi connectivity index (χ0) is 36.4. The lowest BCUT2D eigenvalue weighted by Crippen LogP contribution is -2.46.